The molecule has 1 aromatic heterocycles. The van der Waals surface area contributed by atoms with E-state index in [0.29, 0.717) is 44.1 Å². The Morgan fingerprint density at radius 3 is 2.18 bits per heavy atom. The maximum atomic E-state index is 13.5. The lowest BCUT2D eigenvalue weighted by Gasteiger charge is -2.28. The zero-order chi connectivity index (χ0) is 28.4. The first-order valence-electron chi connectivity index (χ1n) is 12.0. The van der Waals surface area contributed by atoms with Gasteiger partial charge in [-0.15, -0.1) is 0 Å². The number of para-hydroxylation sites is 1. The van der Waals surface area contributed by atoms with Crippen LogP contribution in [0.2, 0.25) is 0 Å². The molecule has 0 spiro atoms. The maximum absolute atomic E-state index is 13.5. The number of halogens is 6. The van der Waals surface area contributed by atoms with E-state index in [2.05, 4.69) is 20.6 Å². The Morgan fingerprint density at radius 2 is 1.62 bits per heavy atom. The third kappa shape index (κ3) is 6.59. The first-order valence-corrected chi connectivity index (χ1v) is 12.0. The summed E-state index contributed by atoms with van der Waals surface area (Å²) in [6, 6.07) is 8.22. The van der Waals surface area contributed by atoms with Gasteiger partial charge in [-0.05, 0) is 42.3 Å². The molecule has 0 bridgehead atoms. The summed E-state index contributed by atoms with van der Waals surface area (Å²) in [6.45, 7) is 3.96. The van der Waals surface area contributed by atoms with Crippen LogP contribution in [0, 0.1) is 6.92 Å². The van der Waals surface area contributed by atoms with E-state index in [9.17, 15) is 31.1 Å². The topological polar surface area (TPSA) is 79.4 Å². The molecule has 1 aliphatic heterocycles. The molecule has 7 nitrogen and oxygen atoms in total. The number of alkyl halides is 6. The van der Waals surface area contributed by atoms with Crippen LogP contribution < -0.4 is 20.3 Å². The van der Waals surface area contributed by atoms with Crippen LogP contribution in [0.3, 0.4) is 0 Å². The van der Waals surface area contributed by atoms with Crippen molar-refractivity contribution < 1.29 is 35.9 Å². The zero-order valence-electron chi connectivity index (χ0n) is 21.0. The van der Waals surface area contributed by atoms with E-state index in [0.717, 1.165) is 5.56 Å². The number of aryl methyl sites for hydroxylation is 1. The molecule has 1 amide bonds. The van der Waals surface area contributed by atoms with Crippen molar-refractivity contribution in [1.29, 1.82) is 0 Å². The number of nitrogens with zero attached hydrogens (tertiary/aromatic N) is 3. The fourth-order valence-electron chi connectivity index (χ4n) is 4.12. The molecule has 0 aliphatic carbocycles. The Kier molecular flexibility index (Phi) is 8.00. The van der Waals surface area contributed by atoms with Crippen LogP contribution in [0.25, 0.3) is 0 Å². The summed E-state index contributed by atoms with van der Waals surface area (Å²) >= 11 is 0. The van der Waals surface area contributed by atoms with Crippen molar-refractivity contribution in [2.24, 2.45) is 0 Å². The van der Waals surface area contributed by atoms with E-state index < -0.39 is 35.8 Å². The number of aromatic nitrogens is 2. The highest BCUT2D eigenvalue weighted by Crippen LogP contribution is 2.37. The normalized spacial score (nSPS) is 14.3. The molecule has 4 rings (SSSR count). The molecule has 2 N–H and O–H groups in total. The minimum Gasteiger partial charge on any atom is -0.438 e. The van der Waals surface area contributed by atoms with Gasteiger partial charge in [0.25, 0.3) is 5.91 Å². The number of piperazine rings is 1. The molecular formula is C26H25F6N5O2. The van der Waals surface area contributed by atoms with Gasteiger partial charge in [-0.1, -0.05) is 18.2 Å². The van der Waals surface area contributed by atoms with Gasteiger partial charge in [0, 0.05) is 39.6 Å². The van der Waals surface area contributed by atoms with Crippen molar-refractivity contribution in [2.75, 3.05) is 38.1 Å². The number of hydrogen-bond donors (Lipinski definition) is 2. The van der Waals surface area contributed by atoms with Crippen LogP contribution >= 0.6 is 0 Å². The summed E-state index contributed by atoms with van der Waals surface area (Å²) in [5, 5.41) is 5.61. The summed E-state index contributed by atoms with van der Waals surface area (Å²) in [5.41, 5.74) is -2.78. The number of nitrogens with one attached hydrogen (secondary N) is 2. The van der Waals surface area contributed by atoms with E-state index in [1.54, 1.807) is 36.1 Å². The van der Waals surface area contributed by atoms with Crippen molar-refractivity contribution in [1.82, 2.24) is 20.6 Å². The second-order valence-electron chi connectivity index (χ2n) is 8.93. The summed E-state index contributed by atoms with van der Waals surface area (Å²) < 4.78 is 87.0. The van der Waals surface area contributed by atoms with Crippen LogP contribution in [0.4, 0.5) is 32.3 Å². The Hall–Kier alpha value is -3.87. The molecule has 0 atom stereocenters. The Bertz CT molecular complexity index is 1320. The van der Waals surface area contributed by atoms with Crippen LogP contribution in [0.1, 0.15) is 38.3 Å². The molecule has 208 valence electrons. The van der Waals surface area contributed by atoms with Gasteiger partial charge < -0.3 is 20.3 Å². The first-order chi connectivity index (χ1) is 18.4. The van der Waals surface area contributed by atoms with Gasteiger partial charge in [0.05, 0.1) is 16.8 Å². The predicted molar refractivity (Wildman–Crippen MR) is 131 cm³/mol. The van der Waals surface area contributed by atoms with Crippen molar-refractivity contribution in [2.45, 2.75) is 25.7 Å². The minimum absolute atomic E-state index is 0.0576. The fourth-order valence-corrected chi connectivity index (χ4v) is 4.12. The fraction of sp³-hybridized carbons (Fsp3) is 0.346. The van der Waals surface area contributed by atoms with E-state index >= 15 is 0 Å². The number of carbonyl (C=O) groups excluding carboxylic acids is 1. The second kappa shape index (κ2) is 11.1. The second-order valence-corrected chi connectivity index (χ2v) is 8.93. The van der Waals surface area contributed by atoms with Crippen molar-refractivity contribution in [3.8, 4) is 11.6 Å². The van der Waals surface area contributed by atoms with Crippen LogP contribution in [-0.4, -0.2) is 49.1 Å². The van der Waals surface area contributed by atoms with E-state index in [4.69, 9.17) is 4.74 Å². The monoisotopic (exact) mass is 553 g/mol. The Morgan fingerprint density at radius 1 is 1.00 bits per heavy atom. The quantitative estimate of drug-likeness (QED) is 0.420. The lowest BCUT2D eigenvalue weighted by atomic mass is 9.99. The van der Waals surface area contributed by atoms with Gasteiger partial charge in [-0.25, -0.2) is 4.98 Å². The molecule has 2 aromatic carbocycles. The molecule has 1 saturated heterocycles. The van der Waals surface area contributed by atoms with Gasteiger partial charge in [-0.3, -0.25) is 4.79 Å². The highest BCUT2D eigenvalue weighted by atomic mass is 19.4. The summed E-state index contributed by atoms with van der Waals surface area (Å²) in [5.74, 6) is -0.351. The Balaban J connectivity index is 1.90. The molecule has 39 heavy (non-hydrogen) atoms. The number of anilines is 1. The SMILES string of the molecule is CNC(=O)c1c(Cc2cc(C(F)(F)F)cc(C(F)(F)F)c2)nc(N2CCNCC2)nc1Oc1ccccc1C. The van der Waals surface area contributed by atoms with Crippen LogP contribution in [0.5, 0.6) is 11.6 Å². The number of carbonyl (C=O) groups is 1. The van der Waals surface area contributed by atoms with Crippen molar-refractivity contribution in [3.05, 3.63) is 76.0 Å². The highest BCUT2D eigenvalue weighted by Gasteiger charge is 2.37. The molecule has 0 saturated carbocycles. The van der Waals surface area contributed by atoms with Gasteiger partial charge in [0.15, 0.2) is 0 Å². The number of rotatable bonds is 6. The zero-order valence-corrected chi connectivity index (χ0v) is 21.0. The van der Waals surface area contributed by atoms with Gasteiger partial charge >= 0.3 is 12.4 Å². The first kappa shape index (κ1) is 28.1. The third-order valence-electron chi connectivity index (χ3n) is 6.11. The lowest BCUT2D eigenvalue weighted by molar-refractivity contribution is -0.143. The van der Waals surface area contributed by atoms with Crippen LogP contribution in [-0.2, 0) is 18.8 Å². The molecule has 0 unspecified atom stereocenters. The molecule has 3 aromatic rings. The molecule has 2 heterocycles. The molecule has 13 heteroatoms. The number of hydrogen-bond acceptors (Lipinski definition) is 6. The summed E-state index contributed by atoms with van der Waals surface area (Å²) in [6.07, 6.45) is -10.5. The summed E-state index contributed by atoms with van der Waals surface area (Å²) in [4.78, 5) is 23.7. The largest absolute Gasteiger partial charge is 0.438 e. The van der Waals surface area contributed by atoms with E-state index in [1.807, 2.05) is 0 Å². The third-order valence-corrected chi connectivity index (χ3v) is 6.11. The standard InChI is InChI=1S/C26H25F6N5O2/c1-15-5-3-4-6-20(15)39-23-21(22(38)33-2)19(35-24(36-23)37-9-7-34-8-10-37)13-16-11-17(25(27,28)29)14-18(12-16)26(30,31)32/h3-6,11-12,14,34H,7-10,13H2,1-2H3,(H,33,38). The number of benzene rings is 2. The number of amides is 1. The van der Waals surface area contributed by atoms with Crippen molar-refractivity contribution in [3.63, 3.8) is 0 Å². The lowest BCUT2D eigenvalue weighted by Crippen LogP contribution is -2.44. The average Bonchev–Trinajstić information content (AvgIpc) is 2.89. The van der Waals surface area contributed by atoms with Crippen molar-refractivity contribution >= 4 is 11.9 Å². The maximum Gasteiger partial charge on any atom is 0.416 e. The van der Waals surface area contributed by atoms with Gasteiger partial charge in [-0.2, -0.15) is 31.3 Å². The smallest absolute Gasteiger partial charge is 0.416 e. The van der Waals surface area contributed by atoms with Crippen LogP contribution in [0.15, 0.2) is 42.5 Å². The average molecular weight is 554 g/mol. The molecular weight excluding hydrogens is 528 g/mol. The molecule has 1 fully saturated rings. The molecule has 1 aliphatic rings. The predicted octanol–water partition coefficient (Wildman–Crippen LogP) is 4.97. The van der Waals surface area contributed by atoms with E-state index in [-0.39, 0.29) is 34.7 Å². The van der Waals surface area contributed by atoms with Gasteiger partial charge in [0.2, 0.25) is 11.8 Å². The summed E-state index contributed by atoms with van der Waals surface area (Å²) in [7, 11) is 1.33. The van der Waals surface area contributed by atoms with Gasteiger partial charge in [0.1, 0.15) is 11.3 Å². The molecule has 0 radical (unpaired) electrons. The van der Waals surface area contributed by atoms with E-state index in [1.165, 1.54) is 7.05 Å². The number of ether oxygens (including phenoxy) is 1. The minimum atomic E-state index is -5.02. The highest BCUT2D eigenvalue weighted by molar-refractivity contribution is 5.97. The Labute approximate surface area is 220 Å².